The smallest absolute Gasteiger partial charge is 0.410 e. The van der Waals surface area contributed by atoms with Gasteiger partial charge >= 0.3 is 6.09 Å². The van der Waals surface area contributed by atoms with Crippen molar-refractivity contribution in [3.05, 3.63) is 71.8 Å². The quantitative estimate of drug-likeness (QED) is 0.457. The zero-order valence-corrected chi connectivity index (χ0v) is 22.0. The van der Waals surface area contributed by atoms with Crippen LogP contribution in [-0.2, 0) is 16.1 Å². The molecule has 1 fully saturated rings. The number of rotatable bonds is 9. The lowest BCUT2D eigenvalue weighted by Gasteiger charge is -2.36. The van der Waals surface area contributed by atoms with Crippen molar-refractivity contribution >= 4 is 23.8 Å². The van der Waals surface area contributed by atoms with E-state index >= 15 is 0 Å². The van der Waals surface area contributed by atoms with Crippen molar-refractivity contribution < 1.29 is 14.3 Å². The van der Waals surface area contributed by atoms with Gasteiger partial charge < -0.3 is 14.5 Å². The van der Waals surface area contributed by atoms with Gasteiger partial charge in [0.05, 0.1) is 0 Å². The van der Waals surface area contributed by atoms with Crippen LogP contribution in [0.15, 0.2) is 60.7 Å². The second-order valence-corrected chi connectivity index (χ2v) is 10.7. The minimum atomic E-state index is -0.508. The van der Waals surface area contributed by atoms with E-state index in [1.165, 1.54) is 0 Å². The van der Waals surface area contributed by atoms with E-state index in [1.54, 1.807) is 4.90 Å². The van der Waals surface area contributed by atoms with Crippen LogP contribution < -0.4 is 4.84 Å². The Kier molecular flexibility index (Phi) is 9.58. The molecular weight excluding hydrogens is 462 g/mol. The molecule has 3 atom stereocenters. The molecule has 1 saturated heterocycles. The van der Waals surface area contributed by atoms with Crippen LogP contribution >= 0.6 is 11.8 Å². The highest BCUT2D eigenvalue weighted by Crippen LogP contribution is 2.27. The standard InChI is InChI=1S/C28H38ClN3O3/c1-21(23-14-9-6-10-15-23)18-31(27(34)35-20-22-12-7-5-8-13-22)19-24-16-11-17-32(24)26(33)25(30-29)28(2,3)4/h5-10,12-15,21,24-25,30H,11,16-20H2,1-4H3/t21-,24+,25-/m1/s1. The Hall–Kier alpha value is -2.57. The van der Waals surface area contributed by atoms with Gasteiger partial charge in [-0.25, -0.2) is 9.63 Å². The van der Waals surface area contributed by atoms with Crippen LogP contribution in [0, 0.1) is 5.41 Å². The molecule has 35 heavy (non-hydrogen) atoms. The Morgan fingerprint density at radius 3 is 2.34 bits per heavy atom. The summed E-state index contributed by atoms with van der Waals surface area (Å²) in [6.07, 6.45) is 1.38. The minimum Gasteiger partial charge on any atom is -0.445 e. The number of likely N-dealkylation sites (tertiary alicyclic amines) is 1. The summed E-state index contributed by atoms with van der Waals surface area (Å²) in [6, 6.07) is 19.2. The van der Waals surface area contributed by atoms with E-state index in [0.29, 0.717) is 19.6 Å². The average Bonchev–Trinajstić information content (AvgIpc) is 3.31. The van der Waals surface area contributed by atoms with E-state index < -0.39 is 6.04 Å². The lowest BCUT2D eigenvalue weighted by molar-refractivity contribution is -0.136. The van der Waals surface area contributed by atoms with E-state index in [-0.39, 0.29) is 36.0 Å². The Balaban J connectivity index is 1.75. The van der Waals surface area contributed by atoms with Crippen LogP contribution in [0.3, 0.4) is 0 Å². The molecule has 3 rings (SSSR count). The van der Waals surface area contributed by atoms with Gasteiger partial charge in [-0.2, -0.15) is 0 Å². The topological polar surface area (TPSA) is 61.9 Å². The summed E-state index contributed by atoms with van der Waals surface area (Å²) in [6.45, 7) is 9.89. The van der Waals surface area contributed by atoms with Gasteiger partial charge in [0.2, 0.25) is 5.91 Å². The van der Waals surface area contributed by atoms with E-state index in [9.17, 15) is 9.59 Å². The van der Waals surface area contributed by atoms with Gasteiger partial charge in [0.15, 0.2) is 0 Å². The third kappa shape index (κ3) is 7.45. The summed E-state index contributed by atoms with van der Waals surface area (Å²) < 4.78 is 5.71. The maximum absolute atomic E-state index is 13.4. The monoisotopic (exact) mass is 499 g/mol. The number of halogens is 1. The molecule has 0 spiro atoms. The molecule has 1 heterocycles. The van der Waals surface area contributed by atoms with Crippen LogP contribution in [0.5, 0.6) is 0 Å². The number of hydrogen-bond acceptors (Lipinski definition) is 4. The maximum atomic E-state index is 13.4. The third-order valence-electron chi connectivity index (χ3n) is 6.64. The predicted molar refractivity (Wildman–Crippen MR) is 140 cm³/mol. The predicted octanol–water partition coefficient (Wildman–Crippen LogP) is 5.58. The Labute approximate surface area is 214 Å². The highest BCUT2D eigenvalue weighted by Gasteiger charge is 2.39. The van der Waals surface area contributed by atoms with Gasteiger partial charge in [0.25, 0.3) is 0 Å². The lowest BCUT2D eigenvalue weighted by atomic mass is 9.86. The number of nitrogens with zero attached hydrogens (tertiary/aromatic N) is 2. The van der Waals surface area contributed by atoms with Gasteiger partial charge in [0, 0.05) is 25.7 Å². The molecule has 0 unspecified atom stereocenters. The summed E-state index contributed by atoms with van der Waals surface area (Å²) in [5, 5.41) is 0. The van der Waals surface area contributed by atoms with Crippen molar-refractivity contribution in [1.29, 1.82) is 0 Å². The number of carbonyl (C=O) groups excluding carboxylic acids is 2. The molecule has 1 aliphatic rings. The van der Waals surface area contributed by atoms with Gasteiger partial charge in [-0.05, 0) is 47.1 Å². The van der Waals surface area contributed by atoms with Crippen molar-refractivity contribution in [3.63, 3.8) is 0 Å². The van der Waals surface area contributed by atoms with Crippen molar-refractivity contribution in [2.24, 2.45) is 5.41 Å². The number of benzene rings is 2. The molecule has 0 aromatic heterocycles. The van der Waals surface area contributed by atoms with Crippen LogP contribution in [0.1, 0.15) is 57.6 Å². The fourth-order valence-electron chi connectivity index (χ4n) is 4.57. The van der Waals surface area contributed by atoms with Crippen molar-refractivity contribution in [2.75, 3.05) is 19.6 Å². The number of nitrogens with one attached hydrogen (secondary N) is 1. The Bertz CT molecular complexity index is 949. The first-order valence-corrected chi connectivity index (χ1v) is 12.8. The van der Waals surface area contributed by atoms with E-state index in [0.717, 1.165) is 24.0 Å². The van der Waals surface area contributed by atoms with Crippen LogP contribution in [0.2, 0.25) is 0 Å². The molecule has 2 amide bonds. The highest BCUT2D eigenvalue weighted by molar-refractivity contribution is 6.15. The second-order valence-electron chi connectivity index (χ2n) is 10.5. The van der Waals surface area contributed by atoms with E-state index in [4.69, 9.17) is 16.5 Å². The first-order valence-electron chi connectivity index (χ1n) is 12.4. The zero-order chi connectivity index (χ0) is 25.4. The second kappa shape index (κ2) is 12.4. The molecule has 0 aliphatic carbocycles. The molecular formula is C28H38ClN3O3. The molecule has 0 radical (unpaired) electrons. The molecule has 0 bridgehead atoms. The summed E-state index contributed by atoms with van der Waals surface area (Å²) in [4.78, 5) is 33.0. The highest BCUT2D eigenvalue weighted by atomic mass is 35.5. The zero-order valence-electron chi connectivity index (χ0n) is 21.2. The van der Waals surface area contributed by atoms with Gasteiger partial charge in [-0.3, -0.25) is 4.79 Å². The lowest BCUT2D eigenvalue weighted by Crippen LogP contribution is -2.54. The summed E-state index contributed by atoms with van der Waals surface area (Å²) >= 11 is 5.98. The normalized spacial score (nSPS) is 17.6. The van der Waals surface area contributed by atoms with Gasteiger partial charge in [-0.1, -0.05) is 88.4 Å². The number of amides is 2. The van der Waals surface area contributed by atoms with E-state index in [1.807, 2.05) is 74.2 Å². The van der Waals surface area contributed by atoms with Crippen LogP contribution in [0.4, 0.5) is 4.79 Å². The van der Waals surface area contributed by atoms with Gasteiger partial charge in [-0.15, -0.1) is 0 Å². The number of hydrogen-bond donors (Lipinski definition) is 1. The largest absolute Gasteiger partial charge is 0.445 e. The SMILES string of the molecule is C[C@H](CN(C[C@@H]1CCCN1C(=O)[C@@H](NCl)C(C)(C)C)C(=O)OCc1ccccc1)c1ccccc1. The molecule has 1 N–H and O–H groups in total. The fourth-order valence-corrected chi connectivity index (χ4v) is 4.99. The molecule has 1 aliphatic heterocycles. The molecule has 7 heteroatoms. The van der Waals surface area contributed by atoms with Crippen molar-refractivity contribution in [1.82, 2.24) is 14.6 Å². The summed E-state index contributed by atoms with van der Waals surface area (Å²) in [7, 11) is 0. The number of carbonyl (C=O) groups is 2. The molecule has 0 saturated carbocycles. The number of ether oxygens (including phenoxy) is 1. The summed E-state index contributed by atoms with van der Waals surface area (Å²) in [5.41, 5.74) is 1.77. The van der Waals surface area contributed by atoms with Crippen molar-refractivity contribution in [2.45, 2.75) is 65.1 Å². The Morgan fingerprint density at radius 1 is 1.11 bits per heavy atom. The molecule has 190 valence electrons. The third-order valence-corrected chi connectivity index (χ3v) is 6.86. The first-order chi connectivity index (χ1) is 16.7. The van der Waals surface area contributed by atoms with Crippen LogP contribution in [0.25, 0.3) is 0 Å². The maximum Gasteiger partial charge on any atom is 0.410 e. The Morgan fingerprint density at radius 2 is 1.74 bits per heavy atom. The van der Waals surface area contributed by atoms with Crippen molar-refractivity contribution in [3.8, 4) is 0 Å². The summed E-state index contributed by atoms with van der Waals surface area (Å²) in [5.74, 6) is 0.0987. The average molecular weight is 500 g/mol. The molecule has 6 nitrogen and oxygen atoms in total. The molecule has 2 aromatic rings. The van der Waals surface area contributed by atoms with E-state index in [2.05, 4.69) is 23.9 Å². The fraction of sp³-hybridized carbons (Fsp3) is 0.500. The molecule has 2 aromatic carbocycles. The van der Waals surface area contributed by atoms with Crippen LogP contribution in [-0.4, -0.2) is 53.5 Å². The first kappa shape index (κ1) is 27.0. The minimum absolute atomic E-state index is 0.0243. The van der Waals surface area contributed by atoms with Gasteiger partial charge in [0.1, 0.15) is 12.6 Å².